The Morgan fingerprint density at radius 3 is 1.93 bits per heavy atom. The first-order valence-electron chi connectivity index (χ1n) is 13.0. The zero-order valence-corrected chi connectivity index (χ0v) is 24.2. The molecule has 6 nitrogen and oxygen atoms in total. The molecule has 41 heavy (non-hydrogen) atoms. The summed E-state index contributed by atoms with van der Waals surface area (Å²) >= 11 is 0. The van der Waals surface area contributed by atoms with Gasteiger partial charge in [0.2, 0.25) is 13.2 Å². The maximum absolute atomic E-state index is 14.2. The highest BCUT2D eigenvalue weighted by atomic mass is 31.1. The molecule has 0 aliphatic carbocycles. The first-order chi connectivity index (χ1) is 19.5. The lowest BCUT2D eigenvalue weighted by atomic mass is 9.74. The molecule has 0 saturated heterocycles. The summed E-state index contributed by atoms with van der Waals surface area (Å²) in [5.41, 5.74) is 1.46. The van der Waals surface area contributed by atoms with Crippen LogP contribution in [0.3, 0.4) is 0 Å². The van der Waals surface area contributed by atoms with Crippen molar-refractivity contribution in [3.8, 4) is 45.9 Å². The van der Waals surface area contributed by atoms with Crippen LogP contribution in [0.5, 0.6) is 0 Å². The zero-order valence-electron chi connectivity index (χ0n) is 23.2. The molecule has 4 rings (SSSR count). The second kappa shape index (κ2) is 11.8. The Balaban J connectivity index is 2.34. The first-order valence-corrected chi connectivity index (χ1v) is 14.3. The van der Waals surface area contributed by atoms with Crippen molar-refractivity contribution in [1.82, 2.24) is 4.98 Å². The van der Waals surface area contributed by atoms with E-state index in [0.29, 0.717) is 33.6 Å². The van der Waals surface area contributed by atoms with E-state index in [1.165, 1.54) is 19.1 Å². The minimum Gasteiger partial charge on any atom is -0.480 e. The quantitative estimate of drug-likeness (QED) is 0.164. The van der Waals surface area contributed by atoms with Crippen LogP contribution in [0, 0.1) is 18.2 Å². The number of benzene rings is 3. The topological polar surface area (TPSA) is 96.7 Å². The molecule has 0 aliphatic heterocycles. The highest BCUT2D eigenvalue weighted by Gasteiger charge is 2.60. The van der Waals surface area contributed by atoms with Gasteiger partial charge < -0.3 is 14.7 Å². The number of halogens is 1. The van der Waals surface area contributed by atoms with Crippen LogP contribution >= 0.6 is 8.03 Å². The number of terminal acetylenes is 1. The Kier molecular flexibility index (Phi) is 8.60. The lowest BCUT2D eigenvalue weighted by Gasteiger charge is -2.40. The predicted molar refractivity (Wildman–Crippen MR) is 159 cm³/mol. The molecule has 4 aromatic rings. The fourth-order valence-electron chi connectivity index (χ4n) is 5.21. The summed E-state index contributed by atoms with van der Waals surface area (Å²) in [5, 5.41) is 20.2. The number of nitrogens with zero attached hydrogens (tertiary/aromatic N) is 1. The van der Waals surface area contributed by atoms with Gasteiger partial charge in [-0.1, -0.05) is 92.6 Å². The molecule has 0 saturated carbocycles. The maximum atomic E-state index is 14.2. The van der Waals surface area contributed by atoms with Crippen molar-refractivity contribution in [1.29, 1.82) is 0 Å². The van der Waals surface area contributed by atoms with E-state index >= 15 is 0 Å². The van der Waals surface area contributed by atoms with Gasteiger partial charge in [0.15, 0.2) is 0 Å². The van der Waals surface area contributed by atoms with Gasteiger partial charge in [-0.3, -0.25) is 9.55 Å². The van der Waals surface area contributed by atoms with E-state index in [-0.39, 0.29) is 11.5 Å². The summed E-state index contributed by atoms with van der Waals surface area (Å²) in [7, 11) is -2.50. The number of aromatic nitrogens is 1. The molecule has 0 radical (unpaired) electrons. The van der Waals surface area contributed by atoms with E-state index in [4.69, 9.17) is 15.9 Å². The van der Waals surface area contributed by atoms with Gasteiger partial charge in [0, 0.05) is 23.8 Å². The van der Waals surface area contributed by atoms with Crippen LogP contribution in [0.4, 0.5) is 4.39 Å². The van der Waals surface area contributed by atoms with E-state index in [1.54, 1.807) is 12.1 Å². The normalized spacial score (nSPS) is 15.0. The van der Waals surface area contributed by atoms with Crippen molar-refractivity contribution < 1.29 is 28.5 Å². The van der Waals surface area contributed by atoms with Crippen LogP contribution in [0.25, 0.3) is 33.5 Å². The third-order valence-corrected chi connectivity index (χ3v) is 9.09. The second-order valence-electron chi connectivity index (χ2n) is 10.1. The molecule has 0 amide bonds. The van der Waals surface area contributed by atoms with Crippen molar-refractivity contribution in [2.45, 2.75) is 37.4 Å². The van der Waals surface area contributed by atoms with E-state index in [9.17, 15) is 24.0 Å². The largest absolute Gasteiger partial charge is 0.480 e. The predicted octanol–water partition coefficient (Wildman–Crippen LogP) is 7.13. The number of aliphatic hydroxyl groups is 1. The standard InChI is InChI=1S/C33H31FNO5P/c1-6-33(31(36)37,41(39)40-5)32(4,38)28-26(23-17-19-25(34)20-18-23)27(22-13-9-7-10-14-22)30(35-29(28)21(2)3)24-15-11-8-12-16-24/h1,7-21,38,41H,2-5H3,(H,36,37). The number of aliphatic carboxylic acids is 1. The van der Waals surface area contributed by atoms with Crippen LogP contribution < -0.4 is 0 Å². The molecule has 1 aromatic heterocycles. The summed E-state index contributed by atoms with van der Waals surface area (Å²) in [4.78, 5) is 17.9. The minimum atomic E-state index is -3.59. The zero-order chi connectivity index (χ0) is 29.9. The molecule has 2 N–H and O–H groups in total. The summed E-state index contributed by atoms with van der Waals surface area (Å²) in [6.07, 6.45) is 5.80. The summed E-state index contributed by atoms with van der Waals surface area (Å²) < 4.78 is 32.6. The fourth-order valence-corrected chi connectivity index (χ4v) is 6.33. The molecular weight excluding hydrogens is 540 g/mol. The number of pyridine rings is 1. The number of carboxylic acid groups (broad SMARTS) is 1. The van der Waals surface area contributed by atoms with Gasteiger partial charge in [-0.15, -0.1) is 6.42 Å². The first kappa shape index (κ1) is 29.9. The van der Waals surface area contributed by atoms with Crippen LogP contribution in [0.2, 0.25) is 0 Å². The van der Waals surface area contributed by atoms with Crippen LogP contribution in [0.15, 0.2) is 84.9 Å². The Labute approximate surface area is 239 Å². The fraction of sp³-hybridized carbons (Fsp3) is 0.212. The summed E-state index contributed by atoms with van der Waals surface area (Å²) in [5.74, 6) is -0.367. The number of hydrogen-bond donors (Lipinski definition) is 2. The molecular formula is C33H31FNO5P. The molecule has 3 atom stereocenters. The Bertz CT molecular complexity index is 1630. The Hall–Kier alpha value is -4.08. The van der Waals surface area contributed by atoms with Gasteiger partial charge >= 0.3 is 5.97 Å². The molecule has 210 valence electrons. The van der Waals surface area contributed by atoms with Gasteiger partial charge in [-0.2, -0.15) is 0 Å². The molecule has 0 fully saturated rings. The summed E-state index contributed by atoms with van der Waals surface area (Å²) in [6, 6.07) is 24.4. The highest BCUT2D eigenvalue weighted by Crippen LogP contribution is 2.56. The van der Waals surface area contributed by atoms with Gasteiger partial charge in [0.25, 0.3) is 0 Å². The molecule has 0 spiro atoms. The van der Waals surface area contributed by atoms with Crippen molar-refractivity contribution >= 4 is 14.0 Å². The number of carbonyl (C=O) groups is 1. The number of hydrogen-bond acceptors (Lipinski definition) is 5. The van der Waals surface area contributed by atoms with Crippen LogP contribution in [0.1, 0.15) is 37.9 Å². The lowest BCUT2D eigenvalue weighted by molar-refractivity contribution is -0.145. The Morgan fingerprint density at radius 2 is 1.46 bits per heavy atom. The van der Waals surface area contributed by atoms with E-state index in [2.05, 4.69) is 5.92 Å². The SMILES string of the molecule is C#CC(C(=O)O)([PH](=O)OC)C(C)(O)c1c(C(C)C)nc(-c2ccccc2)c(-c2ccccc2)c1-c1ccc(F)cc1. The third-order valence-electron chi connectivity index (χ3n) is 7.26. The minimum absolute atomic E-state index is 0.0772. The number of carboxylic acids is 1. The van der Waals surface area contributed by atoms with E-state index in [0.717, 1.165) is 12.7 Å². The van der Waals surface area contributed by atoms with Gasteiger partial charge in [-0.05, 0) is 41.7 Å². The second-order valence-corrected chi connectivity index (χ2v) is 11.9. The lowest BCUT2D eigenvalue weighted by Crippen LogP contribution is -2.53. The molecule has 0 bridgehead atoms. The van der Waals surface area contributed by atoms with Crippen molar-refractivity contribution in [2.24, 2.45) is 0 Å². The van der Waals surface area contributed by atoms with E-state index in [1.807, 2.05) is 74.5 Å². The maximum Gasteiger partial charge on any atom is 0.335 e. The molecule has 1 heterocycles. The number of rotatable bonds is 9. The van der Waals surface area contributed by atoms with Gasteiger partial charge in [-0.25, -0.2) is 9.18 Å². The molecule has 8 heteroatoms. The van der Waals surface area contributed by atoms with Gasteiger partial charge in [0.1, 0.15) is 11.4 Å². The molecule has 3 aromatic carbocycles. The smallest absolute Gasteiger partial charge is 0.335 e. The Morgan fingerprint density at radius 1 is 0.951 bits per heavy atom. The van der Waals surface area contributed by atoms with Crippen LogP contribution in [-0.4, -0.2) is 33.4 Å². The van der Waals surface area contributed by atoms with Crippen molar-refractivity contribution in [2.75, 3.05) is 7.11 Å². The highest BCUT2D eigenvalue weighted by molar-refractivity contribution is 7.43. The monoisotopic (exact) mass is 571 g/mol. The average Bonchev–Trinajstić information content (AvgIpc) is 2.97. The van der Waals surface area contributed by atoms with Crippen molar-refractivity contribution in [3.05, 3.63) is 102 Å². The average molecular weight is 572 g/mol. The molecule has 3 unspecified atom stereocenters. The third kappa shape index (κ3) is 5.11. The van der Waals surface area contributed by atoms with Crippen LogP contribution in [-0.2, 0) is 19.5 Å². The molecule has 0 aliphatic rings. The van der Waals surface area contributed by atoms with Gasteiger partial charge in [0.05, 0.1) is 11.4 Å². The van der Waals surface area contributed by atoms with Crippen molar-refractivity contribution in [3.63, 3.8) is 0 Å². The summed E-state index contributed by atoms with van der Waals surface area (Å²) in [6.45, 7) is 4.94. The van der Waals surface area contributed by atoms with E-state index < -0.39 is 30.6 Å².